The zero-order valence-electron chi connectivity index (χ0n) is 6.22. The zero-order chi connectivity index (χ0) is 7.56. The molecule has 1 rings (SSSR count). The summed E-state index contributed by atoms with van der Waals surface area (Å²) in [6, 6.07) is 0. The molecule has 0 heterocycles. The average Bonchev–Trinajstić information content (AvgIpc) is 1.95. The van der Waals surface area contributed by atoms with Gasteiger partial charge in [-0.3, -0.25) is 0 Å². The molecule has 0 spiro atoms. The van der Waals surface area contributed by atoms with E-state index in [4.69, 9.17) is 9.84 Å². The second kappa shape index (κ2) is 2.78. The van der Waals surface area contributed by atoms with Gasteiger partial charge in [0.25, 0.3) is 0 Å². The van der Waals surface area contributed by atoms with Crippen molar-refractivity contribution in [3.05, 3.63) is 29.6 Å². The molecule has 0 atom stereocenters. The van der Waals surface area contributed by atoms with Crippen LogP contribution >= 0.6 is 0 Å². The third kappa shape index (κ3) is 1.32. The lowest BCUT2D eigenvalue weighted by Crippen LogP contribution is -1.98. The molecule has 10 heavy (non-hydrogen) atoms. The molecule has 2 heteroatoms. The van der Waals surface area contributed by atoms with E-state index in [0.29, 0.717) is 12.2 Å². The molecule has 0 unspecified atom stereocenters. The van der Waals surface area contributed by atoms with Crippen molar-refractivity contribution in [2.75, 3.05) is 7.11 Å². The standard InChI is InChI=1S/C8H11O2/c1-6-5-7(10-2)3-4-8(6)9/h4-5,9H,3H2,1-2H3. The minimum atomic E-state index is 0.362. The predicted octanol–water partition coefficient (Wildman–Crippen LogP) is 1.96. The Morgan fingerprint density at radius 2 is 2.30 bits per heavy atom. The normalized spacial score (nSPS) is 18.8. The topological polar surface area (TPSA) is 29.5 Å². The van der Waals surface area contributed by atoms with E-state index in [1.54, 1.807) is 13.5 Å². The van der Waals surface area contributed by atoms with Crippen LogP contribution in [0.3, 0.4) is 0 Å². The Bertz CT molecular complexity index is 189. The Balaban J connectivity index is 2.76. The van der Waals surface area contributed by atoms with Crippen molar-refractivity contribution in [1.82, 2.24) is 0 Å². The van der Waals surface area contributed by atoms with E-state index in [9.17, 15) is 0 Å². The SMILES string of the molecule is COC1=CC(C)=C(O)[CH]C1. The number of aliphatic hydroxyl groups is 1. The van der Waals surface area contributed by atoms with Gasteiger partial charge in [-0.15, -0.1) is 0 Å². The molecular weight excluding hydrogens is 128 g/mol. The van der Waals surface area contributed by atoms with Gasteiger partial charge in [0, 0.05) is 12.8 Å². The van der Waals surface area contributed by atoms with Gasteiger partial charge in [0.05, 0.1) is 18.6 Å². The molecule has 1 aliphatic carbocycles. The van der Waals surface area contributed by atoms with E-state index in [1.807, 2.05) is 13.0 Å². The predicted molar refractivity (Wildman–Crippen MR) is 39.3 cm³/mol. The molecule has 0 fully saturated rings. The van der Waals surface area contributed by atoms with Gasteiger partial charge < -0.3 is 9.84 Å². The number of aliphatic hydroxyl groups excluding tert-OH is 1. The highest BCUT2D eigenvalue weighted by Gasteiger charge is 2.08. The Morgan fingerprint density at radius 3 is 2.80 bits per heavy atom. The summed E-state index contributed by atoms with van der Waals surface area (Å²) in [5, 5.41) is 9.11. The first-order valence-corrected chi connectivity index (χ1v) is 3.21. The summed E-state index contributed by atoms with van der Waals surface area (Å²) in [6.45, 7) is 1.85. The highest BCUT2D eigenvalue weighted by Crippen LogP contribution is 2.20. The number of ether oxygens (including phenoxy) is 1. The van der Waals surface area contributed by atoms with Crippen molar-refractivity contribution in [2.45, 2.75) is 13.3 Å². The van der Waals surface area contributed by atoms with Crippen molar-refractivity contribution >= 4 is 0 Å². The summed E-state index contributed by atoms with van der Waals surface area (Å²) in [5.41, 5.74) is 0.864. The van der Waals surface area contributed by atoms with Crippen LogP contribution in [0, 0.1) is 6.42 Å². The van der Waals surface area contributed by atoms with E-state index in [2.05, 4.69) is 0 Å². The van der Waals surface area contributed by atoms with Crippen molar-refractivity contribution in [3.8, 4) is 0 Å². The van der Waals surface area contributed by atoms with Crippen LogP contribution in [0.25, 0.3) is 0 Å². The molecule has 0 saturated heterocycles. The van der Waals surface area contributed by atoms with Gasteiger partial charge in [0.15, 0.2) is 0 Å². The molecule has 0 bridgehead atoms. The summed E-state index contributed by atoms with van der Waals surface area (Å²) in [7, 11) is 1.63. The van der Waals surface area contributed by atoms with Gasteiger partial charge in [-0.25, -0.2) is 0 Å². The summed E-state index contributed by atoms with van der Waals surface area (Å²) < 4.78 is 4.99. The molecule has 1 aliphatic rings. The maximum atomic E-state index is 9.11. The third-order valence-electron chi connectivity index (χ3n) is 1.54. The van der Waals surface area contributed by atoms with Gasteiger partial charge in [0.2, 0.25) is 0 Å². The van der Waals surface area contributed by atoms with Crippen LogP contribution in [0.1, 0.15) is 13.3 Å². The van der Waals surface area contributed by atoms with Crippen LogP contribution in [0.4, 0.5) is 0 Å². The Kier molecular flexibility index (Phi) is 2.00. The van der Waals surface area contributed by atoms with Crippen LogP contribution in [-0.4, -0.2) is 12.2 Å². The first-order chi connectivity index (χ1) is 4.74. The number of hydrogen-bond donors (Lipinski definition) is 1. The summed E-state index contributed by atoms with van der Waals surface area (Å²) in [4.78, 5) is 0. The highest BCUT2D eigenvalue weighted by atomic mass is 16.5. The van der Waals surface area contributed by atoms with Crippen LogP contribution in [-0.2, 0) is 4.74 Å². The fourth-order valence-electron chi connectivity index (χ4n) is 0.875. The molecular formula is C8H11O2. The van der Waals surface area contributed by atoms with Crippen LogP contribution in [0.2, 0.25) is 0 Å². The lowest BCUT2D eigenvalue weighted by molar-refractivity contribution is 0.276. The number of methoxy groups -OCH3 is 1. The minimum absolute atomic E-state index is 0.362. The van der Waals surface area contributed by atoms with E-state index in [1.165, 1.54) is 0 Å². The van der Waals surface area contributed by atoms with E-state index < -0.39 is 0 Å². The maximum absolute atomic E-state index is 9.11. The summed E-state index contributed by atoms with van der Waals surface area (Å²) in [6.07, 6.45) is 4.28. The van der Waals surface area contributed by atoms with Gasteiger partial charge in [-0.05, 0) is 18.6 Å². The van der Waals surface area contributed by atoms with Gasteiger partial charge in [-0.1, -0.05) is 0 Å². The summed E-state index contributed by atoms with van der Waals surface area (Å²) >= 11 is 0. The van der Waals surface area contributed by atoms with Crippen LogP contribution in [0.15, 0.2) is 23.2 Å². The van der Waals surface area contributed by atoms with Crippen molar-refractivity contribution in [2.24, 2.45) is 0 Å². The summed E-state index contributed by atoms with van der Waals surface area (Å²) in [5.74, 6) is 1.26. The lowest BCUT2D eigenvalue weighted by Gasteiger charge is -2.12. The van der Waals surface area contributed by atoms with E-state index in [0.717, 1.165) is 11.3 Å². The quantitative estimate of drug-likeness (QED) is 0.601. The zero-order valence-corrected chi connectivity index (χ0v) is 6.22. The molecule has 0 amide bonds. The van der Waals surface area contributed by atoms with Crippen LogP contribution in [0.5, 0.6) is 0 Å². The fourth-order valence-corrected chi connectivity index (χ4v) is 0.875. The molecule has 0 aromatic rings. The molecule has 1 radical (unpaired) electrons. The molecule has 0 aromatic heterocycles. The Hall–Kier alpha value is -0.920. The second-order valence-electron chi connectivity index (χ2n) is 2.29. The second-order valence-corrected chi connectivity index (χ2v) is 2.29. The molecule has 1 N–H and O–H groups in total. The molecule has 0 saturated carbocycles. The number of allylic oxidation sites excluding steroid dienone is 4. The smallest absolute Gasteiger partial charge is 0.0995 e. The van der Waals surface area contributed by atoms with Crippen molar-refractivity contribution < 1.29 is 9.84 Å². The third-order valence-corrected chi connectivity index (χ3v) is 1.54. The van der Waals surface area contributed by atoms with Gasteiger partial charge in [-0.2, -0.15) is 0 Å². The Labute approximate surface area is 60.8 Å². The molecule has 2 nitrogen and oxygen atoms in total. The monoisotopic (exact) mass is 139 g/mol. The number of hydrogen-bond acceptors (Lipinski definition) is 2. The molecule has 55 valence electrons. The van der Waals surface area contributed by atoms with E-state index >= 15 is 0 Å². The Morgan fingerprint density at radius 1 is 1.60 bits per heavy atom. The van der Waals surface area contributed by atoms with E-state index in [-0.39, 0.29) is 0 Å². The number of rotatable bonds is 1. The highest BCUT2D eigenvalue weighted by molar-refractivity contribution is 5.31. The van der Waals surface area contributed by atoms with Crippen molar-refractivity contribution in [1.29, 1.82) is 0 Å². The first kappa shape index (κ1) is 7.19. The maximum Gasteiger partial charge on any atom is 0.0995 e. The van der Waals surface area contributed by atoms with Gasteiger partial charge >= 0.3 is 0 Å². The van der Waals surface area contributed by atoms with Crippen molar-refractivity contribution in [3.63, 3.8) is 0 Å². The molecule has 0 aliphatic heterocycles. The van der Waals surface area contributed by atoms with Gasteiger partial charge in [0.1, 0.15) is 0 Å². The average molecular weight is 139 g/mol. The first-order valence-electron chi connectivity index (χ1n) is 3.21. The fraction of sp³-hybridized carbons (Fsp3) is 0.375. The molecule has 0 aromatic carbocycles. The minimum Gasteiger partial charge on any atom is -0.512 e. The largest absolute Gasteiger partial charge is 0.512 e. The van der Waals surface area contributed by atoms with Crippen LogP contribution < -0.4 is 0 Å². The lowest BCUT2D eigenvalue weighted by atomic mass is 10.1.